The third-order valence-corrected chi connectivity index (χ3v) is 10.8. The normalized spacial score (nSPS) is 31.7. The van der Waals surface area contributed by atoms with E-state index >= 15 is 0 Å². The highest BCUT2D eigenvalue weighted by molar-refractivity contribution is 7.99. The number of rotatable bonds is 8. The van der Waals surface area contributed by atoms with Gasteiger partial charge < -0.3 is 29.8 Å². The number of hydrogen-bond acceptors (Lipinski definition) is 6. The number of anilines is 1. The molecule has 0 radical (unpaired) electrons. The lowest BCUT2D eigenvalue weighted by Gasteiger charge is -2.56. The fraction of sp³-hybridized carbons (Fsp3) is 0.515. The van der Waals surface area contributed by atoms with E-state index in [0.717, 1.165) is 70.3 Å². The van der Waals surface area contributed by atoms with Crippen molar-refractivity contribution in [1.82, 2.24) is 14.9 Å². The van der Waals surface area contributed by atoms with Crippen LogP contribution >= 0.6 is 11.8 Å². The molecule has 4 saturated carbocycles. The minimum atomic E-state index is -0.582. The summed E-state index contributed by atoms with van der Waals surface area (Å²) >= 11 is 1.67. The molecule has 2 amide bonds. The van der Waals surface area contributed by atoms with E-state index in [1.54, 1.807) is 18.0 Å². The number of carbonyl (C=O) groups is 1. The number of imidazole rings is 1. The Morgan fingerprint density at radius 1 is 1.02 bits per heavy atom. The molecule has 2 aromatic carbocycles. The highest BCUT2D eigenvalue weighted by atomic mass is 32.2. The van der Waals surface area contributed by atoms with Gasteiger partial charge in [0.05, 0.1) is 18.8 Å². The van der Waals surface area contributed by atoms with Gasteiger partial charge in [-0.3, -0.25) is 0 Å². The standard InChI is InChI=1S/C33H40N4O4S/c1-37-10-9-34-32(37)42-20-28-15-29(25-7-5-21(19-38)6-8-25)41-30(40-28)26-3-2-4-27(14-26)35-31(39)36-33-16-22-11-23(17-33)13-24(12-22)18-33/h2-10,14,22-24,28-30,38H,11-13,15-20H2,1H3,(H2,35,36,39). The maximum absolute atomic E-state index is 13.2. The summed E-state index contributed by atoms with van der Waals surface area (Å²) in [7, 11) is 1.99. The van der Waals surface area contributed by atoms with Crippen LogP contribution in [0, 0.1) is 17.8 Å². The molecule has 5 fully saturated rings. The third-order valence-electron chi connectivity index (χ3n) is 9.62. The van der Waals surface area contributed by atoms with Crippen LogP contribution in [0.5, 0.6) is 0 Å². The first kappa shape index (κ1) is 28.0. The zero-order valence-corrected chi connectivity index (χ0v) is 24.9. The topological polar surface area (TPSA) is 97.6 Å². The Labute approximate surface area is 251 Å². The number of ether oxygens (including phenoxy) is 2. The van der Waals surface area contributed by atoms with Crippen LogP contribution < -0.4 is 10.6 Å². The number of aryl methyl sites for hydroxylation is 1. The fourth-order valence-corrected chi connectivity index (χ4v) is 9.06. The second-order valence-corrected chi connectivity index (χ2v) is 13.9. The molecule has 1 aliphatic heterocycles. The van der Waals surface area contributed by atoms with Gasteiger partial charge in [-0.2, -0.15) is 0 Å². The fourth-order valence-electron chi connectivity index (χ4n) is 8.11. The largest absolute Gasteiger partial charge is 0.392 e. The molecular weight excluding hydrogens is 548 g/mol. The molecule has 2 heterocycles. The Kier molecular flexibility index (Phi) is 7.77. The van der Waals surface area contributed by atoms with Gasteiger partial charge in [0.25, 0.3) is 0 Å². The minimum Gasteiger partial charge on any atom is -0.392 e. The molecule has 4 aliphatic carbocycles. The van der Waals surface area contributed by atoms with Crippen LogP contribution in [0.25, 0.3) is 0 Å². The molecule has 222 valence electrons. The molecule has 4 bridgehead atoms. The first-order valence-corrected chi connectivity index (χ1v) is 16.2. The van der Waals surface area contributed by atoms with Crippen molar-refractivity contribution in [1.29, 1.82) is 0 Å². The molecule has 3 N–H and O–H groups in total. The quantitative estimate of drug-likeness (QED) is 0.266. The summed E-state index contributed by atoms with van der Waals surface area (Å²) in [6.45, 7) is 0.0106. The summed E-state index contributed by atoms with van der Waals surface area (Å²) in [5.74, 6) is 3.06. The van der Waals surface area contributed by atoms with E-state index in [4.69, 9.17) is 9.47 Å². The van der Waals surface area contributed by atoms with E-state index in [2.05, 4.69) is 15.6 Å². The number of benzene rings is 2. The third kappa shape index (κ3) is 5.97. The van der Waals surface area contributed by atoms with Gasteiger partial charge in [-0.1, -0.05) is 48.2 Å². The van der Waals surface area contributed by atoms with Crippen LogP contribution in [0.15, 0.2) is 66.1 Å². The number of nitrogens with one attached hydrogen (secondary N) is 2. The molecule has 3 aromatic rings. The predicted octanol–water partition coefficient (Wildman–Crippen LogP) is 6.34. The Balaban J connectivity index is 1.06. The van der Waals surface area contributed by atoms with Crippen molar-refractivity contribution in [3.8, 4) is 0 Å². The molecular formula is C33H40N4O4S. The number of aliphatic hydroxyl groups excluding tert-OH is 1. The molecule has 42 heavy (non-hydrogen) atoms. The van der Waals surface area contributed by atoms with E-state index in [0.29, 0.717) is 6.42 Å². The van der Waals surface area contributed by atoms with Crippen molar-refractivity contribution in [2.75, 3.05) is 11.1 Å². The number of amides is 2. The summed E-state index contributed by atoms with van der Waals surface area (Å²) in [5, 5.41) is 17.0. The predicted molar refractivity (Wildman–Crippen MR) is 162 cm³/mol. The molecule has 0 spiro atoms. The average molecular weight is 589 g/mol. The number of nitrogens with zero attached hydrogens (tertiary/aromatic N) is 2. The highest BCUT2D eigenvalue weighted by Crippen LogP contribution is 2.55. The Bertz CT molecular complexity index is 1370. The Morgan fingerprint density at radius 3 is 2.43 bits per heavy atom. The van der Waals surface area contributed by atoms with Gasteiger partial charge in [0, 0.05) is 48.4 Å². The van der Waals surface area contributed by atoms with Crippen molar-refractivity contribution in [3.05, 3.63) is 77.6 Å². The van der Waals surface area contributed by atoms with Crippen LogP contribution in [0.4, 0.5) is 10.5 Å². The van der Waals surface area contributed by atoms with E-state index in [9.17, 15) is 9.90 Å². The average Bonchev–Trinajstić information content (AvgIpc) is 3.39. The minimum absolute atomic E-state index is 0.0106. The van der Waals surface area contributed by atoms with Crippen LogP contribution in [0.2, 0.25) is 0 Å². The first-order valence-electron chi connectivity index (χ1n) is 15.2. The van der Waals surface area contributed by atoms with Crippen LogP contribution in [0.3, 0.4) is 0 Å². The number of urea groups is 1. The molecule has 8 rings (SSSR count). The number of hydrogen-bond donors (Lipinski definition) is 3. The summed E-state index contributed by atoms with van der Waals surface area (Å²) in [4.78, 5) is 17.7. The number of carbonyl (C=O) groups excluding carboxylic acids is 1. The maximum Gasteiger partial charge on any atom is 0.319 e. The zero-order valence-electron chi connectivity index (χ0n) is 24.1. The van der Waals surface area contributed by atoms with Gasteiger partial charge in [-0.05, 0) is 79.5 Å². The van der Waals surface area contributed by atoms with Gasteiger partial charge in [0.1, 0.15) is 0 Å². The lowest BCUT2D eigenvalue weighted by atomic mass is 9.53. The second-order valence-electron chi connectivity index (χ2n) is 12.9. The molecule has 1 saturated heterocycles. The lowest BCUT2D eigenvalue weighted by Crippen LogP contribution is -2.60. The van der Waals surface area contributed by atoms with Gasteiger partial charge in [0.2, 0.25) is 0 Å². The lowest BCUT2D eigenvalue weighted by molar-refractivity contribution is -0.245. The highest BCUT2D eigenvalue weighted by Gasteiger charge is 2.51. The molecule has 3 unspecified atom stereocenters. The summed E-state index contributed by atoms with van der Waals surface area (Å²) in [6, 6.07) is 15.6. The first-order chi connectivity index (χ1) is 20.4. The smallest absolute Gasteiger partial charge is 0.319 e. The zero-order chi connectivity index (χ0) is 28.7. The summed E-state index contributed by atoms with van der Waals surface area (Å²) < 4.78 is 15.1. The van der Waals surface area contributed by atoms with Crippen molar-refractivity contribution >= 4 is 23.5 Å². The number of thioether (sulfide) groups is 1. The van der Waals surface area contributed by atoms with Crippen LogP contribution in [-0.4, -0.2) is 38.1 Å². The van der Waals surface area contributed by atoms with Gasteiger partial charge in [0.15, 0.2) is 11.4 Å². The van der Waals surface area contributed by atoms with Crippen molar-refractivity contribution in [2.45, 2.75) is 80.7 Å². The molecule has 5 aliphatic rings. The van der Waals surface area contributed by atoms with Gasteiger partial charge >= 0.3 is 6.03 Å². The summed E-state index contributed by atoms with van der Waals surface area (Å²) in [5.41, 5.74) is 3.48. The number of aromatic nitrogens is 2. The van der Waals surface area contributed by atoms with E-state index in [1.807, 2.05) is 66.3 Å². The van der Waals surface area contributed by atoms with Crippen molar-refractivity contribution in [2.24, 2.45) is 24.8 Å². The molecule has 8 nitrogen and oxygen atoms in total. The Morgan fingerprint density at radius 2 is 1.76 bits per heavy atom. The SMILES string of the molecule is Cn1ccnc1SCC1CC(c2ccc(CO)cc2)OC(c2cccc(NC(=O)NC34CC5CC(CC(C5)C3)C4)c2)O1. The number of aliphatic hydroxyl groups is 1. The van der Waals surface area contributed by atoms with E-state index in [1.165, 1.54) is 19.3 Å². The maximum atomic E-state index is 13.2. The van der Waals surface area contributed by atoms with Crippen LogP contribution in [-0.2, 0) is 23.1 Å². The molecule has 3 atom stereocenters. The Hall–Kier alpha value is -2.85. The van der Waals surface area contributed by atoms with Gasteiger partial charge in [-0.15, -0.1) is 0 Å². The van der Waals surface area contributed by atoms with E-state index in [-0.39, 0.29) is 30.4 Å². The monoisotopic (exact) mass is 588 g/mol. The van der Waals surface area contributed by atoms with Crippen molar-refractivity contribution < 1.29 is 19.4 Å². The molecule has 9 heteroatoms. The van der Waals surface area contributed by atoms with E-state index < -0.39 is 6.29 Å². The van der Waals surface area contributed by atoms with Crippen molar-refractivity contribution in [3.63, 3.8) is 0 Å². The molecule has 1 aromatic heterocycles. The van der Waals surface area contributed by atoms with Crippen LogP contribution in [0.1, 0.15) is 74.0 Å². The van der Waals surface area contributed by atoms with Gasteiger partial charge in [-0.25, -0.2) is 9.78 Å². The second kappa shape index (κ2) is 11.7. The summed E-state index contributed by atoms with van der Waals surface area (Å²) in [6.07, 6.45) is 11.0.